The molecule has 4 nitrogen and oxygen atoms in total. The molecule has 1 aromatic rings. The molecule has 0 aliphatic carbocycles. The molecule has 1 aliphatic rings. The minimum absolute atomic E-state index is 0.174. The number of anilines is 1. The zero-order chi connectivity index (χ0) is 13.1. The van der Waals surface area contributed by atoms with E-state index in [0.717, 1.165) is 0 Å². The molecule has 5 heteroatoms. The van der Waals surface area contributed by atoms with Gasteiger partial charge < -0.3 is 15.4 Å². The maximum absolute atomic E-state index is 13.7. The Labute approximate surface area is 106 Å². The molecule has 0 bridgehead atoms. The fourth-order valence-electron chi connectivity index (χ4n) is 2.14. The van der Waals surface area contributed by atoms with Crippen LogP contribution >= 0.6 is 0 Å². The van der Waals surface area contributed by atoms with Crippen LogP contribution in [0.5, 0.6) is 0 Å². The molecule has 1 aromatic carbocycles. The number of hydrogen-bond acceptors (Lipinski definition) is 3. The molecule has 0 saturated carbocycles. The quantitative estimate of drug-likeness (QED) is 0.878. The number of carbonyl (C=O) groups is 1. The third-order valence-electron chi connectivity index (χ3n) is 3.17. The van der Waals surface area contributed by atoms with Crippen LogP contribution in [0.4, 0.5) is 10.1 Å². The van der Waals surface area contributed by atoms with E-state index in [0.29, 0.717) is 25.4 Å². The smallest absolute Gasteiger partial charge is 0.234 e. The van der Waals surface area contributed by atoms with Gasteiger partial charge in [-0.05, 0) is 19.1 Å². The van der Waals surface area contributed by atoms with Crippen LogP contribution < -0.4 is 10.6 Å². The van der Waals surface area contributed by atoms with Gasteiger partial charge in [-0.1, -0.05) is 12.1 Å². The van der Waals surface area contributed by atoms with Crippen molar-refractivity contribution in [3.05, 3.63) is 30.1 Å². The van der Waals surface area contributed by atoms with E-state index in [9.17, 15) is 9.18 Å². The maximum atomic E-state index is 13.7. The van der Waals surface area contributed by atoms with Crippen LogP contribution in [-0.4, -0.2) is 31.7 Å². The highest BCUT2D eigenvalue weighted by molar-refractivity contribution is 5.95. The van der Waals surface area contributed by atoms with Gasteiger partial charge >= 0.3 is 0 Å². The van der Waals surface area contributed by atoms with Crippen molar-refractivity contribution in [1.82, 2.24) is 0 Å². The van der Waals surface area contributed by atoms with E-state index in [2.05, 4.69) is 0 Å². The Morgan fingerprint density at radius 2 is 2.22 bits per heavy atom. The number of nitrogens with zero attached hydrogens (tertiary/aromatic N) is 1. The van der Waals surface area contributed by atoms with Crippen LogP contribution in [0.25, 0.3) is 0 Å². The van der Waals surface area contributed by atoms with Gasteiger partial charge in [0.05, 0.1) is 24.8 Å². The van der Waals surface area contributed by atoms with Crippen LogP contribution in [0.1, 0.15) is 6.92 Å². The second-order valence-corrected chi connectivity index (χ2v) is 4.34. The average Bonchev–Trinajstić information content (AvgIpc) is 2.78. The van der Waals surface area contributed by atoms with Crippen LogP contribution in [0.3, 0.4) is 0 Å². The molecule has 2 rings (SSSR count). The molecular formula is C13H17FN2O2. The van der Waals surface area contributed by atoms with Gasteiger partial charge in [-0.3, -0.25) is 4.79 Å². The van der Waals surface area contributed by atoms with Crippen molar-refractivity contribution in [2.75, 3.05) is 24.7 Å². The van der Waals surface area contributed by atoms with Crippen LogP contribution in [0.15, 0.2) is 24.3 Å². The Balaban J connectivity index is 2.23. The first kappa shape index (κ1) is 13.0. The van der Waals surface area contributed by atoms with Crippen molar-refractivity contribution in [3.63, 3.8) is 0 Å². The number of amides is 1. The fraction of sp³-hybridized carbons (Fsp3) is 0.462. The largest absolute Gasteiger partial charge is 0.379 e. The van der Waals surface area contributed by atoms with Crippen molar-refractivity contribution >= 4 is 11.6 Å². The zero-order valence-corrected chi connectivity index (χ0v) is 10.3. The summed E-state index contributed by atoms with van der Waals surface area (Å²) in [6.45, 7) is 2.91. The topological polar surface area (TPSA) is 55.6 Å². The molecule has 18 heavy (non-hydrogen) atoms. The van der Waals surface area contributed by atoms with Crippen molar-refractivity contribution in [2.24, 2.45) is 11.7 Å². The second-order valence-electron chi connectivity index (χ2n) is 4.34. The Kier molecular flexibility index (Phi) is 3.93. The number of benzene rings is 1. The lowest BCUT2D eigenvalue weighted by molar-refractivity contribution is -0.122. The molecule has 1 heterocycles. The van der Waals surface area contributed by atoms with Crippen LogP contribution in [0, 0.1) is 11.7 Å². The van der Waals surface area contributed by atoms with E-state index < -0.39 is 5.82 Å². The molecule has 1 saturated heterocycles. The van der Waals surface area contributed by atoms with E-state index in [1.165, 1.54) is 11.0 Å². The molecule has 2 N–H and O–H groups in total. The Hall–Kier alpha value is -1.46. The third kappa shape index (κ3) is 2.37. The van der Waals surface area contributed by atoms with E-state index >= 15 is 0 Å². The minimum atomic E-state index is -0.403. The first-order valence-electron chi connectivity index (χ1n) is 6.04. The number of carbonyl (C=O) groups excluding carboxylic acids is 1. The highest BCUT2D eigenvalue weighted by Gasteiger charge is 2.34. The molecule has 1 amide bonds. The Bertz CT molecular complexity index is 439. The van der Waals surface area contributed by atoms with Gasteiger partial charge in [-0.25, -0.2) is 4.39 Å². The molecular weight excluding hydrogens is 235 g/mol. The van der Waals surface area contributed by atoms with E-state index in [4.69, 9.17) is 10.5 Å². The second kappa shape index (κ2) is 5.46. The molecule has 98 valence electrons. The standard InChI is InChI=1S/C13H17FN2O2/c1-2-16(12-6-4-3-5-10(12)14)13(17)9-7-18-8-11(9)15/h3-6,9,11H,2,7-8,15H2,1H3. The number of para-hydroxylation sites is 1. The van der Waals surface area contributed by atoms with Crippen molar-refractivity contribution in [3.8, 4) is 0 Å². The van der Waals surface area contributed by atoms with Crippen molar-refractivity contribution < 1.29 is 13.9 Å². The minimum Gasteiger partial charge on any atom is -0.379 e. The number of ether oxygens (including phenoxy) is 1. The summed E-state index contributed by atoms with van der Waals surface area (Å²) >= 11 is 0. The summed E-state index contributed by atoms with van der Waals surface area (Å²) in [5, 5.41) is 0. The van der Waals surface area contributed by atoms with Gasteiger partial charge in [-0.2, -0.15) is 0 Å². The average molecular weight is 252 g/mol. The highest BCUT2D eigenvalue weighted by Crippen LogP contribution is 2.23. The van der Waals surface area contributed by atoms with Gasteiger partial charge in [0.2, 0.25) is 5.91 Å². The zero-order valence-electron chi connectivity index (χ0n) is 10.3. The molecule has 1 aliphatic heterocycles. The van der Waals surface area contributed by atoms with E-state index in [-0.39, 0.29) is 17.9 Å². The summed E-state index contributed by atoms with van der Waals surface area (Å²) in [6, 6.07) is 5.94. The predicted molar refractivity (Wildman–Crippen MR) is 66.7 cm³/mol. The summed E-state index contributed by atoms with van der Waals surface area (Å²) in [7, 11) is 0. The summed E-state index contributed by atoms with van der Waals surface area (Å²) in [4.78, 5) is 13.8. The molecule has 2 unspecified atom stereocenters. The number of rotatable bonds is 3. The van der Waals surface area contributed by atoms with Crippen molar-refractivity contribution in [1.29, 1.82) is 0 Å². The third-order valence-corrected chi connectivity index (χ3v) is 3.17. The molecule has 2 atom stereocenters. The lowest BCUT2D eigenvalue weighted by Gasteiger charge is -2.25. The van der Waals surface area contributed by atoms with Gasteiger partial charge in [0.25, 0.3) is 0 Å². The highest BCUT2D eigenvalue weighted by atomic mass is 19.1. The van der Waals surface area contributed by atoms with Gasteiger partial charge in [0.1, 0.15) is 5.82 Å². The van der Waals surface area contributed by atoms with Crippen molar-refractivity contribution in [2.45, 2.75) is 13.0 Å². The van der Waals surface area contributed by atoms with Gasteiger partial charge in [0, 0.05) is 12.6 Å². The maximum Gasteiger partial charge on any atom is 0.234 e. The lowest BCUT2D eigenvalue weighted by Crippen LogP contribution is -2.44. The first-order chi connectivity index (χ1) is 8.65. The van der Waals surface area contributed by atoms with Gasteiger partial charge in [-0.15, -0.1) is 0 Å². The molecule has 0 aromatic heterocycles. The molecule has 0 spiro atoms. The normalized spacial score (nSPS) is 23.1. The molecule has 0 radical (unpaired) electrons. The monoisotopic (exact) mass is 252 g/mol. The van der Waals surface area contributed by atoms with Crippen LogP contribution in [-0.2, 0) is 9.53 Å². The summed E-state index contributed by atoms with van der Waals surface area (Å²) in [5.41, 5.74) is 6.12. The van der Waals surface area contributed by atoms with E-state index in [1.54, 1.807) is 18.2 Å². The Morgan fingerprint density at radius 3 is 2.78 bits per heavy atom. The molecule has 1 fully saturated rings. The lowest BCUT2D eigenvalue weighted by atomic mass is 10.0. The van der Waals surface area contributed by atoms with E-state index in [1.807, 2.05) is 6.92 Å². The van der Waals surface area contributed by atoms with Crippen LogP contribution in [0.2, 0.25) is 0 Å². The summed E-state index contributed by atoms with van der Waals surface area (Å²) in [5.74, 6) is -0.961. The Morgan fingerprint density at radius 1 is 1.50 bits per heavy atom. The summed E-state index contributed by atoms with van der Waals surface area (Å²) < 4.78 is 18.9. The SMILES string of the molecule is CCN(C(=O)C1COCC1N)c1ccccc1F. The summed E-state index contributed by atoms with van der Waals surface area (Å²) in [6.07, 6.45) is 0. The number of hydrogen-bond donors (Lipinski definition) is 1. The fourth-order valence-corrected chi connectivity index (χ4v) is 2.14. The van der Waals surface area contributed by atoms with Gasteiger partial charge in [0.15, 0.2) is 0 Å². The predicted octanol–water partition coefficient (Wildman–Crippen LogP) is 1.15. The first-order valence-corrected chi connectivity index (χ1v) is 6.04. The number of halogens is 1. The number of nitrogens with two attached hydrogens (primary N) is 1.